The van der Waals surface area contributed by atoms with Gasteiger partial charge in [-0.05, 0) is 29.8 Å². The smallest absolute Gasteiger partial charge is 0.350 e. The molecule has 0 bridgehead atoms. The Morgan fingerprint density at radius 3 is 2.55 bits per heavy atom. The highest BCUT2D eigenvalue weighted by molar-refractivity contribution is 7.88. The van der Waals surface area contributed by atoms with Gasteiger partial charge in [-0.3, -0.25) is 0 Å². The van der Waals surface area contributed by atoms with Gasteiger partial charge in [0, 0.05) is 31.1 Å². The van der Waals surface area contributed by atoms with E-state index in [-0.39, 0.29) is 5.57 Å². The number of nitrogens with one attached hydrogen (secondary N) is 1. The van der Waals surface area contributed by atoms with Crippen LogP contribution in [0.15, 0.2) is 40.3 Å². The number of esters is 2. The van der Waals surface area contributed by atoms with E-state index in [1.54, 1.807) is 29.7 Å². The van der Waals surface area contributed by atoms with E-state index < -0.39 is 28.5 Å². The number of hydrogen-bond acceptors (Lipinski definition) is 6. The van der Waals surface area contributed by atoms with Crippen molar-refractivity contribution in [2.45, 2.75) is 24.5 Å². The third-order valence-electron chi connectivity index (χ3n) is 3.10. The van der Waals surface area contributed by atoms with Gasteiger partial charge in [0.05, 0.1) is 15.7 Å². The molecular weight excluding hydrogens is 306 g/mol. The van der Waals surface area contributed by atoms with Gasteiger partial charge in [0.1, 0.15) is 0 Å². The largest absolute Gasteiger partial charge is 0.419 e. The van der Waals surface area contributed by atoms with Gasteiger partial charge < -0.3 is 14.8 Å². The van der Waals surface area contributed by atoms with Crippen molar-refractivity contribution in [1.82, 2.24) is 0 Å². The Hall–Kier alpha value is -2.41. The van der Waals surface area contributed by atoms with E-state index in [0.29, 0.717) is 5.69 Å². The van der Waals surface area contributed by atoms with Crippen molar-refractivity contribution >= 4 is 34.5 Å². The quantitative estimate of drug-likeness (QED) is 0.509. The van der Waals surface area contributed by atoms with Crippen molar-refractivity contribution < 1.29 is 23.3 Å². The van der Waals surface area contributed by atoms with Gasteiger partial charge >= 0.3 is 11.9 Å². The molecule has 0 amide bonds. The monoisotopic (exact) mass is 319 g/mol. The molecule has 1 N–H and O–H groups in total. The predicted molar refractivity (Wildman–Crippen MR) is 79.9 cm³/mol. The number of fused-ring (bicyclic) bond motifs is 1. The van der Waals surface area contributed by atoms with Crippen molar-refractivity contribution in [3.05, 3.63) is 40.9 Å². The van der Waals surface area contributed by atoms with E-state index in [2.05, 4.69) is 5.32 Å². The fourth-order valence-corrected chi connectivity index (χ4v) is 3.07. The van der Waals surface area contributed by atoms with Gasteiger partial charge in [-0.15, -0.1) is 0 Å². The molecule has 0 spiro atoms. The minimum atomic E-state index is -1.26. The zero-order valence-electron chi connectivity index (χ0n) is 11.9. The van der Waals surface area contributed by atoms with Crippen molar-refractivity contribution in [2.75, 3.05) is 5.32 Å². The van der Waals surface area contributed by atoms with Crippen LogP contribution in [-0.2, 0) is 29.9 Å². The number of benzene rings is 1. The summed E-state index contributed by atoms with van der Waals surface area (Å²) < 4.78 is 21.6. The Morgan fingerprint density at radius 2 is 1.86 bits per heavy atom. The minimum Gasteiger partial charge on any atom is -0.419 e. The average molecular weight is 319 g/mol. The van der Waals surface area contributed by atoms with Crippen LogP contribution in [0.5, 0.6) is 0 Å². The summed E-state index contributed by atoms with van der Waals surface area (Å²) in [5.41, 5.74) is 1.27. The number of hydrogen-bond donors (Lipinski definition) is 1. The second-order valence-electron chi connectivity index (χ2n) is 5.23. The van der Waals surface area contributed by atoms with E-state index in [4.69, 9.17) is 9.47 Å². The summed E-state index contributed by atoms with van der Waals surface area (Å²) in [6.07, 6.45) is 3.01. The maximum atomic E-state index is 11.8. The molecule has 22 heavy (non-hydrogen) atoms. The van der Waals surface area contributed by atoms with E-state index in [1.807, 2.05) is 0 Å². The lowest BCUT2D eigenvalue weighted by molar-refractivity contribution is -0.222. The molecule has 0 saturated carbocycles. The molecule has 0 aliphatic carbocycles. The lowest BCUT2D eigenvalue weighted by Gasteiger charge is -2.29. The van der Waals surface area contributed by atoms with Gasteiger partial charge in [0.25, 0.3) is 5.79 Å². The summed E-state index contributed by atoms with van der Waals surface area (Å²) >= 11 is 0. The normalized spacial score (nSPS) is 21.9. The standard InChI is InChI=1S/C15H13NO5S/c1-15(2)20-13(17)11(14(18)21-15)8-16-10-3-4-12-9(7-10)5-6-22(12)19/h3-8,16H,1-2H3. The summed E-state index contributed by atoms with van der Waals surface area (Å²) in [6, 6.07) is 5.22. The maximum absolute atomic E-state index is 11.8. The zero-order chi connectivity index (χ0) is 15.9. The Labute approximate surface area is 129 Å². The lowest BCUT2D eigenvalue weighted by atomic mass is 10.2. The molecular formula is C15H13NO5S. The first kappa shape index (κ1) is 14.5. The molecule has 2 heterocycles. The van der Waals surface area contributed by atoms with Crippen LogP contribution in [0, 0.1) is 0 Å². The third-order valence-corrected chi connectivity index (χ3v) is 4.29. The van der Waals surface area contributed by atoms with E-state index in [0.717, 1.165) is 10.5 Å². The molecule has 1 atom stereocenters. The molecule has 3 rings (SSSR count). The molecule has 1 saturated heterocycles. The molecule has 1 aromatic rings. The zero-order valence-corrected chi connectivity index (χ0v) is 12.7. The number of anilines is 1. The summed E-state index contributed by atoms with van der Waals surface area (Å²) in [5.74, 6) is -2.74. The van der Waals surface area contributed by atoms with Crippen LogP contribution in [0.2, 0.25) is 0 Å². The first-order chi connectivity index (χ1) is 10.4. The van der Waals surface area contributed by atoms with E-state index in [9.17, 15) is 13.8 Å². The molecule has 6 nitrogen and oxygen atoms in total. The van der Waals surface area contributed by atoms with Crippen molar-refractivity contribution in [2.24, 2.45) is 0 Å². The van der Waals surface area contributed by atoms with E-state index in [1.165, 1.54) is 20.0 Å². The minimum absolute atomic E-state index is 0.209. The van der Waals surface area contributed by atoms with Gasteiger partial charge in [-0.25, -0.2) is 13.8 Å². The van der Waals surface area contributed by atoms with Crippen LogP contribution in [0.3, 0.4) is 0 Å². The number of cyclic esters (lactones) is 2. The van der Waals surface area contributed by atoms with Gasteiger partial charge in [-0.1, -0.05) is 0 Å². The Kier molecular flexibility index (Phi) is 3.37. The maximum Gasteiger partial charge on any atom is 0.350 e. The predicted octanol–water partition coefficient (Wildman–Crippen LogP) is 1.91. The highest BCUT2D eigenvalue weighted by Crippen LogP contribution is 2.27. The van der Waals surface area contributed by atoms with Crippen LogP contribution in [0.1, 0.15) is 19.4 Å². The number of carbonyl (C=O) groups excluding carboxylic acids is 2. The molecule has 1 unspecified atom stereocenters. The lowest BCUT2D eigenvalue weighted by Crippen LogP contribution is -2.42. The second-order valence-corrected chi connectivity index (χ2v) is 6.54. The molecule has 2 aliphatic rings. The van der Waals surface area contributed by atoms with Gasteiger partial charge in [-0.2, -0.15) is 0 Å². The molecule has 7 heteroatoms. The fourth-order valence-electron chi connectivity index (χ4n) is 2.09. The Morgan fingerprint density at radius 1 is 1.18 bits per heavy atom. The van der Waals surface area contributed by atoms with Crippen LogP contribution >= 0.6 is 0 Å². The van der Waals surface area contributed by atoms with Crippen molar-refractivity contribution in [3.63, 3.8) is 0 Å². The fraction of sp³-hybridized carbons (Fsp3) is 0.200. The summed E-state index contributed by atoms with van der Waals surface area (Å²) in [5, 5.41) is 4.45. The molecule has 2 aliphatic heterocycles. The number of rotatable bonds is 2. The topological polar surface area (TPSA) is 81.7 Å². The van der Waals surface area contributed by atoms with Crippen LogP contribution in [0.25, 0.3) is 6.08 Å². The van der Waals surface area contributed by atoms with E-state index >= 15 is 0 Å². The van der Waals surface area contributed by atoms with Gasteiger partial charge in [0.2, 0.25) is 0 Å². The van der Waals surface area contributed by atoms with Crippen molar-refractivity contribution in [1.29, 1.82) is 0 Å². The highest BCUT2D eigenvalue weighted by atomic mass is 32.2. The Balaban J connectivity index is 1.80. The highest BCUT2D eigenvalue weighted by Gasteiger charge is 2.38. The molecule has 1 aromatic carbocycles. The number of ether oxygens (including phenoxy) is 2. The first-order valence-electron chi connectivity index (χ1n) is 6.52. The van der Waals surface area contributed by atoms with Crippen LogP contribution < -0.4 is 5.32 Å². The Bertz CT molecular complexity index is 741. The first-order valence-corrected chi connectivity index (χ1v) is 7.73. The molecule has 1 fully saturated rings. The third kappa shape index (κ3) is 2.67. The molecule has 114 valence electrons. The SMILES string of the molecule is CC1(C)OC(=O)C(=CNc2ccc3c(c2)C=CS3=O)C(=O)O1. The molecule has 0 aromatic heterocycles. The summed E-state index contributed by atoms with van der Waals surface area (Å²) in [4.78, 5) is 24.3. The average Bonchev–Trinajstić information content (AvgIpc) is 2.78. The number of carbonyl (C=O) groups is 2. The summed E-state index contributed by atoms with van der Waals surface area (Å²) in [6.45, 7) is 2.97. The summed E-state index contributed by atoms with van der Waals surface area (Å²) in [7, 11) is -1.11. The second kappa shape index (κ2) is 5.10. The van der Waals surface area contributed by atoms with Crippen LogP contribution in [0.4, 0.5) is 5.69 Å². The van der Waals surface area contributed by atoms with Crippen molar-refractivity contribution in [3.8, 4) is 0 Å². The molecule has 0 radical (unpaired) electrons. The van der Waals surface area contributed by atoms with Crippen LogP contribution in [-0.4, -0.2) is 21.9 Å². The van der Waals surface area contributed by atoms with Gasteiger partial charge in [0.15, 0.2) is 5.57 Å².